The highest BCUT2D eigenvalue weighted by Crippen LogP contribution is 2.27. The van der Waals surface area contributed by atoms with Gasteiger partial charge in [-0.2, -0.15) is 5.26 Å². The fraction of sp³-hybridized carbons (Fsp3) is 0.500. The maximum Gasteiger partial charge on any atom is 0.410 e. The van der Waals surface area contributed by atoms with Crippen LogP contribution in [0.15, 0.2) is 11.3 Å². The summed E-state index contributed by atoms with van der Waals surface area (Å²) in [7, 11) is 0. The van der Waals surface area contributed by atoms with Crippen molar-refractivity contribution in [1.82, 2.24) is 5.32 Å². The molecule has 1 N–H and O–H groups in total. The number of hydrogen-bond donors (Lipinski definition) is 1. The van der Waals surface area contributed by atoms with Gasteiger partial charge >= 0.3 is 6.09 Å². The van der Waals surface area contributed by atoms with E-state index in [1.807, 2.05) is 6.07 Å². The van der Waals surface area contributed by atoms with Gasteiger partial charge in [0.25, 0.3) is 0 Å². The van der Waals surface area contributed by atoms with Crippen LogP contribution in [0, 0.1) is 11.3 Å². The molecule has 0 aromatic rings. The van der Waals surface area contributed by atoms with Gasteiger partial charge in [0.2, 0.25) is 6.23 Å². The highest BCUT2D eigenvalue weighted by Gasteiger charge is 2.39. The monoisotopic (exact) mass is 180 g/mol. The number of rotatable bonds is 0. The third kappa shape index (κ3) is 1.20. The fourth-order valence-corrected chi connectivity index (χ4v) is 1.44. The zero-order valence-corrected chi connectivity index (χ0v) is 7.03. The van der Waals surface area contributed by atoms with Crippen molar-refractivity contribution in [2.24, 2.45) is 0 Å². The zero-order valence-electron chi connectivity index (χ0n) is 7.03. The Kier molecular flexibility index (Phi) is 1.62. The molecule has 0 bridgehead atoms. The number of amides is 1. The van der Waals surface area contributed by atoms with E-state index in [1.54, 1.807) is 6.92 Å². The fourth-order valence-electron chi connectivity index (χ4n) is 1.44. The maximum absolute atomic E-state index is 10.8. The maximum atomic E-state index is 10.8. The lowest BCUT2D eigenvalue weighted by atomic mass is 10.1. The molecule has 0 aromatic carbocycles. The second kappa shape index (κ2) is 2.66. The Hall–Kier alpha value is -1.70. The van der Waals surface area contributed by atoms with Crippen LogP contribution in [-0.4, -0.2) is 18.4 Å². The molecule has 2 rings (SSSR count). The normalized spacial score (nSPS) is 31.2. The number of allylic oxidation sites excluding steroid dienone is 1. The summed E-state index contributed by atoms with van der Waals surface area (Å²) in [6, 6.07) is 1.93. The van der Waals surface area contributed by atoms with Gasteiger partial charge in [-0.25, -0.2) is 4.79 Å². The first kappa shape index (κ1) is 7.92. The van der Waals surface area contributed by atoms with Gasteiger partial charge in [-0.3, -0.25) is 5.32 Å². The van der Waals surface area contributed by atoms with E-state index in [-0.39, 0.29) is 11.9 Å². The van der Waals surface area contributed by atoms with Crippen molar-refractivity contribution < 1.29 is 14.3 Å². The van der Waals surface area contributed by atoms with Crippen LogP contribution in [0.2, 0.25) is 0 Å². The smallest absolute Gasteiger partial charge is 0.410 e. The number of nitriles is 1. The van der Waals surface area contributed by atoms with Crippen LogP contribution < -0.4 is 5.32 Å². The second-order valence-electron chi connectivity index (χ2n) is 3.05. The van der Waals surface area contributed by atoms with Crippen LogP contribution in [0.3, 0.4) is 0 Å². The van der Waals surface area contributed by atoms with Crippen LogP contribution in [-0.2, 0) is 9.47 Å². The van der Waals surface area contributed by atoms with Crippen LogP contribution in [0.1, 0.15) is 13.3 Å². The van der Waals surface area contributed by atoms with E-state index in [0.717, 1.165) is 5.57 Å². The van der Waals surface area contributed by atoms with Gasteiger partial charge in [-0.1, -0.05) is 0 Å². The first-order valence-corrected chi connectivity index (χ1v) is 3.94. The number of alkyl carbamates (subject to hydrolysis) is 1. The van der Waals surface area contributed by atoms with Crippen LogP contribution in [0.5, 0.6) is 0 Å². The first-order valence-electron chi connectivity index (χ1n) is 3.94. The van der Waals surface area contributed by atoms with Crippen molar-refractivity contribution in [2.75, 3.05) is 0 Å². The predicted molar refractivity (Wildman–Crippen MR) is 41.2 cm³/mol. The summed E-state index contributed by atoms with van der Waals surface area (Å²) in [6.07, 6.45) is -0.704. The molecule has 1 amide bonds. The van der Waals surface area contributed by atoms with E-state index in [0.29, 0.717) is 6.42 Å². The highest BCUT2D eigenvalue weighted by molar-refractivity contribution is 5.70. The van der Waals surface area contributed by atoms with Crippen molar-refractivity contribution in [1.29, 1.82) is 5.26 Å². The third-order valence-corrected chi connectivity index (χ3v) is 2.10. The summed E-state index contributed by atoms with van der Waals surface area (Å²) >= 11 is 0. The molecular formula is C8H8N2O3. The van der Waals surface area contributed by atoms with Crippen molar-refractivity contribution in [3.63, 3.8) is 0 Å². The number of hydrogen-bond acceptors (Lipinski definition) is 4. The second-order valence-corrected chi connectivity index (χ2v) is 3.05. The summed E-state index contributed by atoms with van der Waals surface area (Å²) in [6.45, 7) is 1.79. The van der Waals surface area contributed by atoms with Crippen molar-refractivity contribution in [3.8, 4) is 6.07 Å². The molecule has 5 nitrogen and oxygen atoms in total. The first-order chi connectivity index (χ1) is 6.20. The molecule has 2 heterocycles. The standard InChI is InChI=1S/C8H8N2O3/c1-4-2-5-7(10-8(11)13-5)12-6(4)3-9/h5,7H,2H2,1H3,(H,10,11)/t5-,7+/m1/s1. The zero-order chi connectivity index (χ0) is 9.42. The quantitative estimate of drug-likeness (QED) is 0.593. The van der Waals surface area contributed by atoms with E-state index in [9.17, 15) is 4.79 Å². The Morgan fingerprint density at radius 1 is 1.62 bits per heavy atom. The predicted octanol–water partition coefficient (Wildman–Crippen LogP) is 0.639. The summed E-state index contributed by atoms with van der Waals surface area (Å²) < 4.78 is 10.1. The van der Waals surface area contributed by atoms with Crippen LogP contribution in [0.25, 0.3) is 0 Å². The van der Waals surface area contributed by atoms with Crippen molar-refractivity contribution >= 4 is 6.09 Å². The summed E-state index contributed by atoms with van der Waals surface area (Å²) in [4.78, 5) is 10.8. The third-order valence-electron chi connectivity index (χ3n) is 2.10. The molecule has 0 unspecified atom stereocenters. The topological polar surface area (TPSA) is 71.3 Å². The summed E-state index contributed by atoms with van der Waals surface area (Å²) in [5, 5.41) is 11.1. The van der Waals surface area contributed by atoms with Gasteiger partial charge in [0.15, 0.2) is 11.9 Å². The Morgan fingerprint density at radius 2 is 2.38 bits per heavy atom. The molecule has 1 fully saturated rings. The van der Waals surface area contributed by atoms with E-state index >= 15 is 0 Å². The number of nitrogens with one attached hydrogen (secondary N) is 1. The highest BCUT2D eigenvalue weighted by atomic mass is 16.6. The van der Waals surface area contributed by atoms with E-state index in [4.69, 9.17) is 14.7 Å². The lowest BCUT2D eigenvalue weighted by Crippen LogP contribution is -2.37. The van der Waals surface area contributed by atoms with Crippen molar-refractivity contribution in [3.05, 3.63) is 11.3 Å². The average molecular weight is 180 g/mol. The van der Waals surface area contributed by atoms with E-state index < -0.39 is 12.3 Å². The minimum atomic E-state index is -0.495. The Balaban J connectivity index is 2.20. The number of nitrogens with zero attached hydrogens (tertiary/aromatic N) is 1. The molecule has 2 atom stereocenters. The molecule has 0 aliphatic carbocycles. The molecule has 0 saturated carbocycles. The SMILES string of the molecule is CC1=C(C#N)O[C@@H]2NC(=O)O[C@@H]2C1. The summed E-state index contributed by atoms with van der Waals surface area (Å²) in [5.74, 6) is 0.284. The summed E-state index contributed by atoms with van der Waals surface area (Å²) in [5.41, 5.74) is 0.820. The molecule has 2 aliphatic rings. The van der Waals surface area contributed by atoms with Gasteiger partial charge in [-0.05, 0) is 12.5 Å². The van der Waals surface area contributed by atoms with Crippen molar-refractivity contribution in [2.45, 2.75) is 25.7 Å². The number of carbonyl (C=O) groups is 1. The molecule has 68 valence electrons. The molecule has 5 heteroatoms. The molecular weight excluding hydrogens is 172 g/mol. The molecule has 0 spiro atoms. The Labute approximate surface area is 74.9 Å². The molecule has 0 aromatic heterocycles. The number of fused-ring (bicyclic) bond motifs is 1. The minimum Gasteiger partial charge on any atom is -0.456 e. The Morgan fingerprint density at radius 3 is 3.08 bits per heavy atom. The van der Waals surface area contributed by atoms with Gasteiger partial charge in [0.1, 0.15) is 6.07 Å². The number of ether oxygens (including phenoxy) is 2. The lowest BCUT2D eigenvalue weighted by Gasteiger charge is -2.23. The average Bonchev–Trinajstić information content (AvgIpc) is 2.42. The Bertz CT molecular complexity index is 329. The molecule has 0 radical (unpaired) electrons. The molecule has 13 heavy (non-hydrogen) atoms. The van der Waals surface area contributed by atoms with Gasteiger partial charge < -0.3 is 9.47 Å². The van der Waals surface area contributed by atoms with Crippen LogP contribution >= 0.6 is 0 Å². The van der Waals surface area contributed by atoms with E-state index in [2.05, 4.69) is 5.32 Å². The molecule has 2 aliphatic heterocycles. The van der Waals surface area contributed by atoms with Gasteiger partial charge in [0, 0.05) is 6.42 Å². The van der Waals surface area contributed by atoms with Gasteiger partial charge in [-0.15, -0.1) is 0 Å². The molecule has 1 saturated heterocycles. The van der Waals surface area contributed by atoms with Crippen LogP contribution in [0.4, 0.5) is 4.79 Å². The minimum absolute atomic E-state index is 0.284. The number of carbonyl (C=O) groups excluding carboxylic acids is 1. The lowest BCUT2D eigenvalue weighted by molar-refractivity contribution is 0.0193. The largest absolute Gasteiger partial charge is 0.456 e. The van der Waals surface area contributed by atoms with Gasteiger partial charge in [0.05, 0.1) is 0 Å². The van der Waals surface area contributed by atoms with E-state index in [1.165, 1.54) is 0 Å².